The summed E-state index contributed by atoms with van der Waals surface area (Å²) >= 11 is 0. The van der Waals surface area contributed by atoms with Crippen molar-refractivity contribution in [2.75, 3.05) is 6.54 Å². The predicted octanol–water partition coefficient (Wildman–Crippen LogP) is 2.33. The molecule has 0 spiro atoms. The van der Waals surface area contributed by atoms with Crippen molar-refractivity contribution in [1.29, 1.82) is 0 Å². The number of ether oxygens (including phenoxy) is 1. The molecule has 1 saturated carbocycles. The molecule has 2 aliphatic rings. The summed E-state index contributed by atoms with van der Waals surface area (Å²) < 4.78 is 5.60. The zero-order valence-electron chi connectivity index (χ0n) is 15.4. The summed E-state index contributed by atoms with van der Waals surface area (Å²) in [6.45, 7) is 12.1. The Hall–Kier alpha value is -1.10. The van der Waals surface area contributed by atoms with Crippen LogP contribution in [0.2, 0.25) is 0 Å². The first-order valence-corrected chi connectivity index (χ1v) is 8.71. The summed E-state index contributed by atoms with van der Waals surface area (Å²) in [7, 11) is 0. The molecule has 132 valence electrons. The first-order valence-electron chi connectivity index (χ1n) is 8.71. The van der Waals surface area contributed by atoms with Gasteiger partial charge in [0, 0.05) is 6.54 Å². The van der Waals surface area contributed by atoms with Gasteiger partial charge in [-0.15, -0.1) is 0 Å². The largest absolute Gasteiger partial charge is 0.458 e. The predicted molar refractivity (Wildman–Crippen MR) is 89.6 cm³/mol. The van der Waals surface area contributed by atoms with E-state index in [4.69, 9.17) is 10.5 Å². The molecule has 2 rings (SSSR count). The molecule has 0 radical (unpaired) electrons. The van der Waals surface area contributed by atoms with E-state index in [0.29, 0.717) is 12.5 Å². The van der Waals surface area contributed by atoms with E-state index in [-0.39, 0.29) is 23.2 Å². The average Bonchev–Trinajstić information content (AvgIpc) is 2.92. The summed E-state index contributed by atoms with van der Waals surface area (Å²) in [6.07, 6.45) is 3.20. The van der Waals surface area contributed by atoms with Crippen LogP contribution in [-0.4, -0.2) is 41.0 Å². The fourth-order valence-corrected chi connectivity index (χ4v) is 3.75. The SMILES string of the molecule is CC(C)(C)OC(=O)[C@@H]1[C@H]2CCC[C@@H]2CN1C(=O)[C@@H](N)C(C)(C)C. The standard InChI is InChI=1S/C18H32N2O3/c1-17(2,3)14(19)15(21)20-10-11-8-7-9-12(11)13(20)16(22)23-18(4,5)6/h11-14H,7-10,19H2,1-6H3/t11-,12+,13+,14-/m1/s1. The summed E-state index contributed by atoms with van der Waals surface area (Å²) in [5.74, 6) is 0.230. The molecule has 1 heterocycles. The fourth-order valence-electron chi connectivity index (χ4n) is 3.75. The maximum absolute atomic E-state index is 12.9. The Morgan fingerprint density at radius 2 is 1.74 bits per heavy atom. The number of amides is 1. The van der Waals surface area contributed by atoms with Crippen LogP contribution in [0.15, 0.2) is 0 Å². The Morgan fingerprint density at radius 3 is 2.26 bits per heavy atom. The number of esters is 1. The number of hydrogen-bond donors (Lipinski definition) is 1. The third-order valence-electron chi connectivity index (χ3n) is 5.02. The Bertz CT molecular complexity index is 476. The quantitative estimate of drug-likeness (QED) is 0.791. The second kappa shape index (κ2) is 6.08. The van der Waals surface area contributed by atoms with Crippen molar-refractivity contribution >= 4 is 11.9 Å². The molecule has 5 nitrogen and oxygen atoms in total. The molecule has 0 aromatic rings. The maximum Gasteiger partial charge on any atom is 0.329 e. The molecule has 1 aliphatic heterocycles. The highest BCUT2D eigenvalue weighted by atomic mass is 16.6. The van der Waals surface area contributed by atoms with Crippen molar-refractivity contribution in [3.8, 4) is 0 Å². The number of hydrogen-bond acceptors (Lipinski definition) is 4. The van der Waals surface area contributed by atoms with Crippen LogP contribution in [-0.2, 0) is 14.3 Å². The van der Waals surface area contributed by atoms with Crippen LogP contribution >= 0.6 is 0 Å². The van der Waals surface area contributed by atoms with Gasteiger partial charge >= 0.3 is 5.97 Å². The maximum atomic E-state index is 12.9. The molecule has 2 N–H and O–H groups in total. The number of likely N-dealkylation sites (tertiary alicyclic amines) is 1. The molecule has 1 amide bonds. The van der Waals surface area contributed by atoms with Gasteiger partial charge in [0.2, 0.25) is 5.91 Å². The van der Waals surface area contributed by atoms with Crippen molar-refractivity contribution in [3.63, 3.8) is 0 Å². The van der Waals surface area contributed by atoms with E-state index in [0.717, 1.165) is 19.3 Å². The molecule has 0 aromatic heterocycles. The van der Waals surface area contributed by atoms with Gasteiger partial charge in [0.25, 0.3) is 0 Å². The first-order chi connectivity index (χ1) is 10.4. The van der Waals surface area contributed by atoms with Gasteiger partial charge in [0.1, 0.15) is 11.6 Å². The van der Waals surface area contributed by atoms with E-state index in [1.54, 1.807) is 4.90 Å². The summed E-state index contributed by atoms with van der Waals surface area (Å²) in [6, 6.07) is -1.08. The number of carbonyl (C=O) groups is 2. The second-order valence-corrected chi connectivity index (χ2v) is 9.17. The monoisotopic (exact) mass is 324 g/mol. The Morgan fingerprint density at radius 1 is 1.13 bits per heavy atom. The van der Waals surface area contributed by atoms with Crippen molar-refractivity contribution in [3.05, 3.63) is 0 Å². The molecular formula is C18H32N2O3. The molecule has 0 unspecified atom stereocenters. The van der Waals surface area contributed by atoms with Crippen LogP contribution in [0.4, 0.5) is 0 Å². The van der Waals surface area contributed by atoms with Crippen LogP contribution in [0.5, 0.6) is 0 Å². The Kier molecular flexibility index (Phi) is 4.82. The Labute approximate surface area is 139 Å². The first kappa shape index (κ1) is 18.2. The molecule has 4 atom stereocenters. The molecule has 0 bridgehead atoms. The number of carbonyl (C=O) groups excluding carboxylic acids is 2. The highest BCUT2D eigenvalue weighted by Crippen LogP contribution is 2.43. The minimum atomic E-state index is -0.605. The third kappa shape index (κ3) is 3.87. The topological polar surface area (TPSA) is 72.6 Å². The van der Waals surface area contributed by atoms with Gasteiger partial charge in [-0.2, -0.15) is 0 Å². The van der Waals surface area contributed by atoms with E-state index in [1.165, 1.54) is 0 Å². The lowest BCUT2D eigenvalue weighted by molar-refractivity contribution is -0.165. The molecular weight excluding hydrogens is 292 g/mol. The normalized spacial score (nSPS) is 29.3. The molecule has 5 heteroatoms. The van der Waals surface area contributed by atoms with Crippen molar-refractivity contribution in [1.82, 2.24) is 4.90 Å². The fraction of sp³-hybridized carbons (Fsp3) is 0.889. The smallest absolute Gasteiger partial charge is 0.329 e. The number of fused-ring (bicyclic) bond motifs is 1. The van der Waals surface area contributed by atoms with Gasteiger partial charge < -0.3 is 15.4 Å². The van der Waals surface area contributed by atoms with Gasteiger partial charge in [-0.3, -0.25) is 4.79 Å². The van der Waals surface area contributed by atoms with Crippen molar-refractivity contribution in [2.45, 2.75) is 78.5 Å². The lowest BCUT2D eigenvalue weighted by Crippen LogP contribution is -2.55. The van der Waals surface area contributed by atoms with E-state index >= 15 is 0 Å². The third-order valence-corrected chi connectivity index (χ3v) is 5.02. The van der Waals surface area contributed by atoms with Gasteiger partial charge in [0.05, 0.1) is 6.04 Å². The van der Waals surface area contributed by atoms with Crippen LogP contribution in [0, 0.1) is 17.3 Å². The van der Waals surface area contributed by atoms with Gasteiger partial charge in [-0.05, 0) is 50.9 Å². The van der Waals surface area contributed by atoms with Crippen LogP contribution in [0.1, 0.15) is 60.8 Å². The van der Waals surface area contributed by atoms with Gasteiger partial charge in [-0.25, -0.2) is 4.79 Å². The lowest BCUT2D eigenvalue weighted by atomic mass is 9.86. The van der Waals surface area contributed by atoms with E-state index in [2.05, 4.69) is 0 Å². The van der Waals surface area contributed by atoms with E-state index in [9.17, 15) is 9.59 Å². The van der Waals surface area contributed by atoms with Gasteiger partial charge in [0.15, 0.2) is 0 Å². The molecule has 2 fully saturated rings. The lowest BCUT2D eigenvalue weighted by Gasteiger charge is -2.34. The molecule has 23 heavy (non-hydrogen) atoms. The zero-order chi connectivity index (χ0) is 17.6. The van der Waals surface area contributed by atoms with E-state index < -0.39 is 17.7 Å². The number of rotatable bonds is 2. The van der Waals surface area contributed by atoms with Crippen LogP contribution < -0.4 is 5.73 Å². The molecule has 0 aromatic carbocycles. The summed E-state index contributed by atoms with van der Waals surface area (Å²) in [5, 5.41) is 0. The minimum Gasteiger partial charge on any atom is -0.458 e. The van der Waals surface area contributed by atoms with Gasteiger partial charge in [-0.1, -0.05) is 27.2 Å². The summed E-state index contributed by atoms with van der Waals surface area (Å²) in [5.41, 5.74) is 5.30. The van der Waals surface area contributed by atoms with Crippen LogP contribution in [0.25, 0.3) is 0 Å². The van der Waals surface area contributed by atoms with Crippen molar-refractivity contribution < 1.29 is 14.3 Å². The molecule has 1 aliphatic carbocycles. The highest BCUT2D eigenvalue weighted by molar-refractivity contribution is 5.89. The highest BCUT2D eigenvalue weighted by Gasteiger charge is 2.52. The summed E-state index contributed by atoms with van der Waals surface area (Å²) in [4.78, 5) is 27.3. The zero-order valence-corrected chi connectivity index (χ0v) is 15.4. The van der Waals surface area contributed by atoms with E-state index in [1.807, 2.05) is 41.5 Å². The average molecular weight is 324 g/mol. The van der Waals surface area contributed by atoms with Crippen molar-refractivity contribution in [2.24, 2.45) is 23.0 Å². The van der Waals surface area contributed by atoms with Crippen LogP contribution in [0.3, 0.4) is 0 Å². The Balaban J connectivity index is 2.23. The molecule has 1 saturated heterocycles. The minimum absolute atomic E-state index is 0.122. The number of nitrogens with zero attached hydrogens (tertiary/aromatic N) is 1. The number of nitrogens with two attached hydrogens (primary N) is 1. The second-order valence-electron chi connectivity index (χ2n) is 9.17.